The van der Waals surface area contributed by atoms with Gasteiger partial charge in [-0.15, -0.1) is 0 Å². The molecule has 2 heteroatoms. The van der Waals surface area contributed by atoms with Gasteiger partial charge in [0.25, 0.3) is 0 Å². The summed E-state index contributed by atoms with van der Waals surface area (Å²) in [5.41, 5.74) is 0.348. The van der Waals surface area contributed by atoms with Crippen molar-refractivity contribution in [2.45, 2.75) is 12.0 Å². The van der Waals surface area contributed by atoms with Gasteiger partial charge in [-0.1, -0.05) is 36.4 Å². The molecule has 1 saturated heterocycles. The maximum absolute atomic E-state index is 10.5. The summed E-state index contributed by atoms with van der Waals surface area (Å²) in [5, 5.41) is 16.1. The Bertz CT molecular complexity index is 515. The second-order valence-electron chi connectivity index (χ2n) is 4.52. The van der Waals surface area contributed by atoms with Gasteiger partial charge in [0.1, 0.15) is 5.60 Å². The van der Waals surface area contributed by atoms with E-state index in [1.165, 1.54) is 10.8 Å². The number of benzene rings is 2. The molecule has 1 aliphatic heterocycles. The molecule has 1 heterocycles. The Balaban J connectivity index is 2.11. The number of aliphatic hydroxyl groups is 1. The van der Waals surface area contributed by atoms with E-state index in [1.54, 1.807) is 0 Å². The highest BCUT2D eigenvalue weighted by Gasteiger charge is 2.32. The summed E-state index contributed by atoms with van der Waals surface area (Å²) < 4.78 is 0. The Morgan fingerprint density at radius 1 is 1.06 bits per heavy atom. The van der Waals surface area contributed by atoms with E-state index in [-0.39, 0.29) is 0 Å². The van der Waals surface area contributed by atoms with Gasteiger partial charge in [-0.05, 0) is 35.4 Å². The van der Waals surface area contributed by atoms with Crippen molar-refractivity contribution in [2.75, 3.05) is 13.1 Å². The zero-order chi connectivity index (χ0) is 11.0. The van der Waals surface area contributed by atoms with E-state index >= 15 is 0 Å². The van der Waals surface area contributed by atoms with Crippen LogP contribution in [0, 0.1) is 0 Å². The van der Waals surface area contributed by atoms with Gasteiger partial charge >= 0.3 is 0 Å². The van der Waals surface area contributed by atoms with Gasteiger partial charge in [-0.3, -0.25) is 0 Å². The molecule has 0 spiro atoms. The highest BCUT2D eigenvalue weighted by molar-refractivity contribution is 5.83. The third kappa shape index (κ3) is 1.51. The fourth-order valence-electron chi connectivity index (χ4n) is 2.40. The molecule has 2 N–H and O–H groups in total. The lowest BCUT2D eigenvalue weighted by molar-refractivity contribution is 0.0589. The minimum Gasteiger partial charge on any atom is -0.384 e. The largest absolute Gasteiger partial charge is 0.384 e. The third-order valence-electron chi connectivity index (χ3n) is 3.42. The van der Waals surface area contributed by atoms with E-state index < -0.39 is 5.60 Å². The zero-order valence-corrected chi connectivity index (χ0v) is 9.11. The van der Waals surface area contributed by atoms with Gasteiger partial charge in [0, 0.05) is 6.54 Å². The molecule has 0 aromatic heterocycles. The highest BCUT2D eigenvalue weighted by Crippen LogP contribution is 2.29. The number of β-amino-alcohol motifs (C(OH)–C–C–N with tert-alkyl or cyclic N) is 1. The lowest BCUT2D eigenvalue weighted by atomic mass is 9.91. The van der Waals surface area contributed by atoms with Gasteiger partial charge in [0.2, 0.25) is 0 Å². The van der Waals surface area contributed by atoms with Gasteiger partial charge in [-0.2, -0.15) is 0 Å². The first-order chi connectivity index (χ1) is 7.78. The van der Waals surface area contributed by atoms with Crippen LogP contribution >= 0.6 is 0 Å². The Kier molecular flexibility index (Phi) is 2.20. The molecule has 0 amide bonds. The molecular weight excluding hydrogens is 198 g/mol. The van der Waals surface area contributed by atoms with Crippen LogP contribution in [0.25, 0.3) is 10.8 Å². The SMILES string of the molecule is OC1(c2ccc3ccccc3c2)CCNC1. The summed E-state index contributed by atoms with van der Waals surface area (Å²) in [5.74, 6) is 0. The number of nitrogens with one attached hydrogen (secondary N) is 1. The van der Waals surface area contributed by atoms with Crippen LogP contribution in [-0.2, 0) is 5.60 Å². The van der Waals surface area contributed by atoms with Crippen molar-refractivity contribution in [2.24, 2.45) is 0 Å². The molecule has 1 unspecified atom stereocenters. The topological polar surface area (TPSA) is 32.3 Å². The van der Waals surface area contributed by atoms with E-state index in [2.05, 4.69) is 29.6 Å². The third-order valence-corrected chi connectivity index (χ3v) is 3.42. The predicted octanol–water partition coefficient (Wildman–Crippen LogP) is 2.02. The first-order valence-corrected chi connectivity index (χ1v) is 5.70. The van der Waals surface area contributed by atoms with Crippen LogP contribution in [0.2, 0.25) is 0 Å². The fourth-order valence-corrected chi connectivity index (χ4v) is 2.40. The number of rotatable bonds is 1. The molecule has 0 saturated carbocycles. The van der Waals surface area contributed by atoms with Crippen LogP contribution in [0.15, 0.2) is 42.5 Å². The van der Waals surface area contributed by atoms with E-state index in [0.717, 1.165) is 18.5 Å². The summed E-state index contributed by atoms with van der Waals surface area (Å²) in [6.07, 6.45) is 0.797. The van der Waals surface area contributed by atoms with Gasteiger partial charge < -0.3 is 10.4 Å². The molecule has 1 fully saturated rings. The summed E-state index contributed by atoms with van der Waals surface area (Å²) >= 11 is 0. The maximum Gasteiger partial charge on any atom is 0.103 e. The molecule has 2 aromatic rings. The summed E-state index contributed by atoms with van der Waals surface area (Å²) in [6.45, 7) is 1.55. The summed E-state index contributed by atoms with van der Waals surface area (Å²) in [7, 11) is 0. The number of fused-ring (bicyclic) bond motifs is 1. The normalized spacial score (nSPS) is 25.1. The van der Waals surface area contributed by atoms with Crippen LogP contribution in [0.3, 0.4) is 0 Å². The van der Waals surface area contributed by atoms with Crippen molar-refractivity contribution in [1.82, 2.24) is 5.32 Å². The van der Waals surface area contributed by atoms with Crippen LogP contribution in [0.1, 0.15) is 12.0 Å². The second kappa shape index (κ2) is 3.58. The van der Waals surface area contributed by atoms with Crippen molar-refractivity contribution in [3.8, 4) is 0 Å². The standard InChI is InChI=1S/C14H15NO/c16-14(7-8-15-10-14)13-6-5-11-3-1-2-4-12(11)9-13/h1-6,9,15-16H,7-8,10H2. The molecule has 2 aromatic carbocycles. The zero-order valence-electron chi connectivity index (χ0n) is 9.11. The molecule has 0 bridgehead atoms. The maximum atomic E-state index is 10.5. The van der Waals surface area contributed by atoms with Crippen LogP contribution in [0.5, 0.6) is 0 Å². The molecule has 1 aliphatic rings. The van der Waals surface area contributed by atoms with E-state index in [0.29, 0.717) is 6.54 Å². The van der Waals surface area contributed by atoms with E-state index in [1.807, 2.05) is 18.2 Å². The Morgan fingerprint density at radius 2 is 1.88 bits per heavy atom. The molecule has 16 heavy (non-hydrogen) atoms. The number of hydrogen-bond donors (Lipinski definition) is 2. The molecular formula is C14H15NO. The average Bonchev–Trinajstić information content (AvgIpc) is 2.77. The average molecular weight is 213 g/mol. The van der Waals surface area contributed by atoms with Crippen molar-refractivity contribution < 1.29 is 5.11 Å². The number of hydrogen-bond acceptors (Lipinski definition) is 2. The molecule has 3 rings (SSSR count). The van der Waals surface area contributed by atoms with Crippen molar-refractivity contribution >= 4 is 10.8 Å². The van der Waals surface area contributed by atoms with E-state index in [9.17, 15) is 5.11 Å². The fraction of sp³-hybridized carbons (Fsp3) is 0.286. The molecule has 0 aliphatic carbocycles. The molecule has 1 atom stereocenters. The molecule has 0 radical (unpaired) electrons. The lowest BCUT2D eigenvalue weighted by Gasteiger charge is -2.22. The Hall–Kier alpha value is -1.38. The quantitative estimate of drug-likeness (QED) is 0.759. The van der Waals surface area contributed by atoms with E-state index in [4.69, 9.17) is 0 Å². The minimum absolute atomic E-state index is 0.658. The van der Waals surface area contributed by atoms with Crippen LogP contribution in [0.4, 0.5) is 0 Å². The second-order valence-corrected chi connectivity index (χ2v) is 4.52. The minimum atomic E-state index is -0.677. The smallest absolute Gasteiger partial charge is 0.103 e. The van der Waals surface area contributed by atoms with Gasteiger partial charge in [0.15, 0.2) is 0 Å². The predicted molar refractivity (Wildman–Crippen MR) is 65.3 cm³/mol. The molecule has 2 nitrogen and oxygen atoms in total. The molecule has 82 valence electrons. The van der Waals surface area contributed by atoms with Crippen LogP contribution in [-0.4, -0.2) is 18.2 Å². The summed E-state index contributed by atoms with van der Waals surface area (Å²) in [6, 6.07) is 14.5. The lowest BCUT2D eigenvalue weighted by Crippen LogP contribution is -2.28. The van der Waals surface area contributed by atoms with Gasteiger partial charge in [-0.25, -0.2) is 0 Å². The Morgan fingerprint density at radius 3 is 2.62 bits per heavy atom. The first kappa shape index (κ1) is 9.82. The van der Waals surface area contributed by atoms with Crippen molar-refractivity contribution in [3.63, 3.8) is 0 Å². The highest BCUT2D eigenvalue weighted by atomic mass is 16.3. The van der Waals surface area contributed by atoms with Crippen molar-refractivity contribution in [1.29, 1.82) is 0 Å². The monoisotopic (exact) mass is 213 g/mol. The first-order valence-electron chi connectivity index (χ1n) is 5.70. The Labute approximate surface area is 94.9 Å². The summed E-state index contributed by atoms with van der Waals surface area (Å²) in [4.78, 5) is 0. The van der Waals surface area contributed by atoms with Gasteiger partial charge in [0.05, 0.1) is 0 Å². The van der Waals surface area contributed by atoms with Crippen molar-refractivity contribution in [3.05, 3.63) is 48.0 Å². The van der Waals surface area contributed by atoms with Crippen LogP contribution < -0.4 is 5.32 Å².